The number of ether oxygens (including phenoxy) is 1. The maximum atomic E-state index is 12.1. The average Bonchev–Trinajstić information content (AvgIpc) is 3.04. The molecule has 0 bridgehead atoms. The minimum Gasteiger partial charge on any atom is -0.490 e. The van der Waals surface area contributed by atoms with Gasteiger partial charge in [-0.15, -0.1) is 5.06 Å². The third-order valence-electron chi connectivity index (χ3n) is 3.45. The lowest BCUT2D eigenvalue weighted by atomic mass is 10.2. The van der Waals surface area contributed by atoms with Crippen LogP contribution in [0.25, 0.3) is 11.0 Å². The molecule has 1 amide bonds. The fraction of sp³-hybridized carbons (Fsp3) is 0.167. The summed E-state index contributed by atoms with van der Waals surface area (Å²) in [6.07, 6.45) is 0.717. The molecule has 128 valence electrons. The van der Waals surface area contributed by atoms with E-state index in [4.69, 9.17) is 9.57 Å². The van der Waals surface area contributed by atoms with Gasteiger partial charge < -0.3 is 14.6 Å². The highest BCUT2D eigenvalue weighted by molar-refractivity contribution is 5.90. The lowest BCUT2D eigenvalue weighted by Gasteiger charge is -2.20. The molecule has 1 heterocycles. The third-order valence-corrected chi connectivity index (χ3v) is 3.45. The fourth-order valence-electron chi connectivity index (χ4n) is 2.33. The van der Waals surface area contributed by atoms with Gasteiger partial charge in [-0.2, -0.15) is 0 Å². The van der Waals surface area contributed by atoms with Gasteiger partial charge in [0.25, 0.3) is 5.91 Å². The second-order valence-corrected chi connectivity index (χ2v) is 5.24. The molecule has 3 rings (SSSR count). The van der Waals surface area contributed by atoms with Crippen molar-refractivity contribution in [2.75, 3.05) is 11.7 Å². The number of hydrogen-bond acceptors (Lipinski definition) is 5. The summed E-state index contributed by atoms with van der Waals surface area (Å²) in [6.45, 7) is 3.58. The smallest absolute Gasteiger partial charge is 0.260 e. The molecule has 1 aromatic heterocycles. The zero-order valence-electron chi connectivity index (χ0n) is 13.9. The van der Waals surface area contributed by atoms with Gasteiger partial charge >= 0.3 is 0 Å². The Kier molecular flexibility index (Phi) is 4.65. The molecular weight excluding hydrogens is 322 g/mol. The topological polar surface area (TPSA) is 84.5 Å². The molecule has 7 heteroatoms. The SMILES string of the molecule is CCOc1cc(C=O)ccc1ON(C(C)=O)c1nc2ccccc2[nH]1. The molecule has 0 aliphatic rings. The zero-order chi connectivity index (χ0) is 17.8. The first kappa shape index (κ1) is 16.5. The van der Waals surface area contributed by atoms with Crippen molar-refractivity contribution >= 4 is 29.2 Å². The predicted molar refractivity (Wildman–Crippen MR) is 92.9 cm³/mol. The largest absolute Gasteiger partial charge is 0.490 e. The molecular formula is C18H17N3O4. The summed E-state index contributed by atoms with van der Waals surface area (Å²) in [7, 11) is 0. The number of anilines is 1. The summed E-state index contributed by atoms with van der Waals surface area (Å²) >= 11 is 0. The third kappa shape index (κ3) is 3.45. The van der Waals surface area contributed by atoms with Crippen LogP contribution in [0.4, 0.5) is 5.95 Å². The van der Waals surface area contributed by atoms with Crippen LogP contribution in [0.3, 0.4) is 0 Å². The Morgan fingerprint density at radius 1 is 1.24 bits per heavy atom. The Morgan fingerprint density at radius 2 is 2.04 bits per heavy atom. The molecule has 3 aromatic rings. The molecule has 25 heavy (non-hydrogen) atoms. The van der Waals surface area contributed by atoms with Crippen molar-refractivity contribution in [3.63, 3.8) is 0 Å². The Morgan fingerprint density at radius 3 is 2.72 bits per heavy atom. The number of para-hydroxylation sites is 2. The Balaban J connectivity index is 1.97. The Hall–Kier alpha value is -3.35. The first-order chi connectivity index (χ1) is 12.1. The number of amides is 1. The number of H-pyrrole nitrogens is 1. The van der Waals surface area contributed by atoms with E-state index < -0.39 is 0 Å². The summed E-state index contributed by atoms with van der Waals surface area (Å²) in [5, 5.41) is 1.05. The number of nitrogens with one attached hydrogen (secondary N) is 1. The van der Waals surface area contributed by atoms with Gasteiger partial charge in [0.1, 0.15) is 6.29 Å². The lowest BCUT2D eigenvalue weighted by Crippen LogP contribution is -2.33. The van der Waals surface area contributed by atoms with E-state index in [-0.39, 0.29) is 11.9 Å². The number of rotatable bonds is 6. The molecule has 0 spiro atoms. The zero-order valence-corrected chi connectivity index (χ0v) is 13.9. The van der Waals surface area contributed by atoms with Crippen molar-refractivity contribution in [3.05, 3.63) is 48.0 Å². The maximum absolute atomic E-state index is 12.1. The van der Waals surface area contributed by atoms with E-state index in [1.807, 2.05) is 31.2 Å². The number of imidazole rings is 1. The van der Waals surface area contributed by atoms with Crippen LogP contribution in [-0.2, 0) is 4.79 Å². The van der Waals surface area contributed by atoms with E-state index in [0.29, 0.717) is 35.5 Å². The molecule has 0 fully saturated rings. The van der Waals surface area contributed by atoms with Gasteiger partial charge in [-0.3, -0.25) is 9.59 Å². The Labute approximate surface area is 144 Å². The number of aldehydes is 1. The number of fused-ring (bicyclic) bond motifs is 1. The highest BCUT2D eigenvalue weighted by atomic mass is 16.7. The van der Waals surface area contributed by atoms with Crippen molar-refractivity contribution in [1.29, 1.82) is 0 Å². The van der Waals surface area contributed by atoms with Gasteiger partial charge in [0.2, 0.25) is 5.95 Å². The van der Waals surface area contributed by atoms with Gasteiger partial charge in [0, 0.05) is 12.5 Å². The highest BCUT2D eigenvalue weighted by Crippen LogP contribution is 2.30. The normalized spacial score (nSPS) is 10.5. The van der Waals surface area contributed by atoms with Crippen LogP contribution in [-0.4, -0.2) is 28.8 Å². The van der Waals surface area contributed by atoms with E-state index >= 15 is 0 Å². The van der Waals surface area contributed by atoms with E-state index in [9.17, 15) is 9.59 Å². The molecule has 1 N–H and O–H groups in total. The molecule has 7 nitrogen and oxygen atoms in total. The minimum atomic E-state index is -0.360. The first-order valence-corrected chi connectivity index (χ1v) is 7.77. The number of hydroxylamine groups is 1. The van der Waals surface area contributed by atoms with Gasteiger partial charge in [-0.25, -0.2) is 4.98 Å². The molecule has 2 aromatic carbocycles. The standard InChI is InChI=1S/C18H17N3O4/c1-3-24-17-10-13(11-22)8-9-16(17)25-21(12(2)23)18-19-14-6-4-5-7-15(14)20-18/h4-11H,3H2,1-2H3,(H,19,20). The second-order valence-electron chi connectivity index (χ2n) is 5.24. The highest BCUT2D eigenvalue weighted by Gasteiger charge is 2.20. The van der Waals surface area contributed by atoms with Crippen LogP contribution < -0.4 is 14.6 Å². The minimum absolute atomic E-state index is 0.260. The van der Waals surface area contributed by atoms with Crippen molar-refractivity contribution in [3.8, 4) is 11.5 Å². The fourth-order valence-corrected chi connectivity index (χ4v) is 2.33. The monoisotopic (exact) mass is 339 g/mol. The van der Waals surface area contributed by atoms with Crippen molar-refractivity contribution in [1.82, 2.24) is 9.97 Å². The summed E-state index contributed by atoms with van der Waals surface area (Å²) < 4.78 is 5.50. The molecule has 0 atom stereocenters. The second kappa shape index (κ2) is 7.04. The number of aromatic nitrogens is 2. The summed E-state index contributed by atoms with van der Waals surface area (Å²) in [6, 6.07) is 12.1. The summed E-state index contributed by atoms with van der Waals surface area (Å²) in [5.74, 6) is 0.578. The van der Waals surface area contributed by atoms with Crippen LogP contribution in [0.5, 0.6) is 11.5 Å². The number of aromatic amines is 1. The maximum Gasteiger partial charge on any atom is 0.260 e. The molecule has 0 radical (unpaired) electrons. The number of hydrogen-bond donors (Lipinski definition) is 1. The molecule has 0 unspecified atom stereocenters. The van der Waals surface area contributed by atoms with E-state index in [1.165, 1.54) is 6.92 Å². The number of carbonyl (C=O) groups is 2. The predicted octanol–water partition coefficient (Wildman–Crippen LogP) is 3.12. The van der Waals surface area contributed by atoms with E-state index in [0.717, 1.165) is 10.6 Å². The van der Waals surface area contributed by atoms with Gasteiger partial charge in [0.05, 0.1) is 17.6 Å². The van der Waals surface area contributed by atoms with E-state index in [2.05, 4.69) is 9.97 Å². The number of nitrogens with zero attached hydrogens (tertiary/aromatic N) is 2. The van der Waals surface area contributed by atoms with Crippen molar-refractivity contribution < 1.29 is 19.2 Å². The van der Waals surface area contributed by atoms with Gasteiger partial charge in [0.15, 0.2) is 11.5 Å². The van der Waals surface area contributed by atoms with Crippen molar-refractivity contribution in [2.45, 2.75) is 13.8 Å². The van der Waals surface area contributed by atoms with Crippen LogP contribution in [0.1, 0.15) is 24.2 Å². The van der Waals surface area contributed by atoms with Crippen LogP contribution in [0.15, 0.2) is 42.5 Å². The van der Waals surface area contributed by atoms with Crippen molar-refractivity contribution in [2.24, 2.45) is 0 Å². The molecule has 0 aliphatic carbocycles. The van der Waals surface area contributed by atoms with Crippen LogP contribution in [0.2, 0.25) is 0 Å². The quantitative estimate of drug-likeness (QED) is 0.551. The van der Waals surface area contributed by atoms with E-state index in [1.54, 1.807) is 18.2 Å². The van der Waals surface area contributed by atoms with Crippen LogP contribution in [0, 0.1) is 0 Å². The molecule has 0 aliphatic heterocycles. The van der Waals surface area contributed by atoms with Gasteiger partial charge in [-0.1, -0.05) is 12.1 Å². The average molecular weight is 339 g/mol. The first-order valence-electron chi connectivity index (χ1n) is 7.77. The Bertz CT molecular complexity index is 887. The summed E-state index contributed by atoms with van der Waals surface area (Å²) in [5.41, 5.74) is 1.95. The van der Waals surface area contributed by atoms with Gasteiger partial charge in [-0.05, 0) is 37.3 Å². The van der Waals surface area contributed by atoms with Crippen LogP contribution >= 0.6 is 0 Å². The molecule has 0 saturated heterocycles. The summed E-state index contributed by atoms with van der Waals surface area (Å²) in [4.78, 5) is 36.1. The lowest BCUT2D eigenvalue weighted by molar-refractivity contribution is -0.120. The molecule has 0 saturated carbocycles. The number of carbonyl (C=O) groups excluding carboxylic acids is 2. The number of benzene rings is 2.